The molecule has 1 saturated carbocycles. The molecule has 0 radical (unpaired) electrons. The van der Waals surface area contributed by atoms with Crippen molar-refractivity contribution in [2.24, 2.45) is 23.5 Å². The molecule has 1 atom stereocenters. The van der Waals surface area contributed by atoms with Gasteiger partial charge >= 0.3 is 6.03 Å². The van der Waals surface area contributed by atoms with Crippen molar-refractivity contribution in [2.45, 2.75) is 69.7 Å². The summed E-state index contributed by atoms with van der Waals surface area (Å²) in [7, 11) is 3.03. The number of carbonyl (C=O) groups is 5. The summed E-state index contributed by atoms with van der Waals surface area (Å²) >= 11 is 6.76. The van der Waals surface area contributed by atoms with Gasteiger partial charge in [0.1, 0.15) is 12.4 Å². The lowest BCUT2D eigenvalue weighted by molar-refractivity contribution is -0.138. The number of hydrogen-bond acceptors (Lipinski definition) is 9. The van der Waals surface area contributed by atoms with Crippen LogP contribution in [0.5, 0.6) is 11.5 Å². The number of likely N-dealkylation sites (tertiary alicyclic amines) is 2. The monoisotopic (exact) mass is 964 g/mol. The summed E-state index contributed by atoms with van der Waals surface area (Å²) in [5.41, 5.74) is 8.95. The Hall–Kier alpha value is -6.03. The first-order valence-corrected chi connectivity index (χ1v) is 24.5. The van der Waals surface area contributed by atoms with Crippen LogP contribution < -0.4 is 30.7 Å². The second-order valence-electron chi connectivity index (χ2n) is 18.6. The molecule has 4 aromatic carbocycles. The minimum Gasteiger partial charge on any atom is -0.495 e. The maximum atomic E-state index is 16.2. The lowest BCUT2D eigenvalue weighted by Crippen LogP contribution is -2.49. The zero-order valence-electron chi connectivity index (χ0n) is 39.4. The highest BCUT2D eigenvalue weighted by molar-refractivity contribution is 6.33. The van der Waals surface area contributed by atoms with Crippen molar-refractivity contribution >= 4 is 46.9 Å². The predicted molar refractivity (Wildman–Crippen MR) is 261 cm³/mol. The third-order valence-corrected chi connectivity index (χ3v) is 14.9. The van der Waals surface area contributed by atoms with Crippen molar-refractivity contribution in [3.63, 3.8) is 0 Å². The Labute approximate surface area is 407 Å². The summed E-state index contributed by atoms with van der Waals surface area (Å²) in [6, 6.07) is 23.2. The first-order valence-electron chi connectivity index (χ1n) is 24.1. The van der Waals surface area contributed by atoms with Gasteiger partial charge in [0.2, 0.25) is 17.7 Å². The van der Waals surface area contributed by atoms with Crippen LogP contribution in [0.15, 0.2) is 78.9 Å². The van der Waals surface area contributed by atoms with Crippen molar-refractivity contribution in [3.05, 3.63) is 112 Å². The van der Waals surface area contributed by atoms with Gasteiger partial charge in [0.05, 0.1) is 25.0 Å². The number of primary amides is 1. The first-order chi connectivity index (χ1) is 33.4. The van der Waals surface area contributed by atoms with Crippen molar-refractivity contribution in [1.29, 1.82) is 0 Å². The van der Waals surface area contributed by atoms with Crippen LogP contribution in [0.2, 0.25) is 5.02 Å². The number of urea groups is 1. The smallest absolute Gasteiger partial charge is 0.328 e. The van der Waals surface area contributed by atoms with E-state index in [-0.39, 0.29) is 83.7 Å². The molecule has 3 aliphatic heterocycles. The number of nitrogens with one attached hydrogen (secondary N) is 2. The van der Waals surface area contributed by atoms with E-state index in [0.717, 1.165) is 75.6 Å². The lowest BCUT2D eigenvalue weighted by Gasteiger charge is -2.41. The van der Waals surface area contributed by atoms with E-state index in [1.165, 1.54) is 31.3 Å². The zero-order chi connectivity index (χ0) is 48.6. The molecule has 16 heteroatoms. The summed E-state index contributed by atoms with van der Waals surface area (Å²) in [6.07, 6.45) is 7.24. The van der Waals surface area contributed by atoms with Crippen LogP contribution in [-0.4, -0.2) is 112 Å². The minimum absolute atomic E-state index is 0.00198. The molecule has 4 N–H and O–H groups in total. The summed E-state index contributed by atoms with van der Waals surface area (Å²) in [6.45, 7) is 3.97. The number of methoxy groups -OCH3 is 2. The second kappa shape index (κ2) is 22.6. The zero-order valence-corrected chi connectivity index (χ0v) is 40.1. The average Bonchev–Trinajstić information content (AvgIpc) is 3.37. The van der Waals surface area contributed by atoms with E-state index in [1.807, 2.05) is 35.2 Å². The third-order valence-electron chi connectivity index (χ3n) is 14.6. The Morgan fingerprint density at radius 2 is 1.48 bits per heavy atom. The predicted octanol–water partition coefficient (Wildman–Crippen LogP) is 7.80. The topological polar surface area (TPSA) is 173 Å². The molecule has 6 amide bonds. The van der Waals surface area contributed by atoms with E-state index in [9.17, 15) is 24.0 Å². The molecule has 0 aromatic heterocycles. The van der Waals surface area contributed by atoms with Crippen molar-refractivity contribution in [2.75, 3.05) is 71.6 Å². The number of rotatable bonds is 16. The van der Waals surface area contributed by atoms with Gasteiger partial charge < -0.3 is 35.1 Å². The highest BCUT2D eigenvalue weighted by Crippen LogP contribution is 2.40. The van der Waals surface area contributed by atoms with Gasteiger partial charge in [0, 0.05) is 92.4 Å². The number of nitrogens with two attached hydrogens (primary N) is 1. The normalized spacial score (nSPS) is 19.8. The van der Waals surface area contributed by atoms with E-state index >= 15 is 4.39 Å². The quantitative estimate of drug-likeness (QED) is 0.0948. The molecule has 1 aliphatic carbocycles. The van der Waals surface area contributed by atoms with Crippen molar-refractivity contribution in [1.82, 2.24) is 20.4 Å². The molecular weight excluding hydrogens is 903 g/mol. The van der Waals surface area contributed by atoms with Crippen molar-refractivity contribution in [3.8, 4) is 22.6 Å². The van der Waals surface area contributed by atoms with Gasteiger partial charge in [-0.15, -0.1) is 0 Å². The van der Waals surface area contributed by atoms with Crippen LogP contribution >= 0.6 is 11.6 Å². The minimum atomic E-state index is -0.784. The van der Waals surface area contributed by atoms with Crippen LogP contribution in [0, 0.1) is 23.6 Å². The van der Waals surface area contributed by atoms with Gasteiger partial charge in [0.25, 0.3) is 5.91 Å². The molecule has 1 unspecified atom stereocenters. The number of halogens is 2. The Morgan fingerprint density at radius 1 is 0.797 bits per heavy atom. The van der Waals surface area contributed by atoms with Crippen LogP contribution in [0.4, 0.5) is 14.9 Å². The highest BCUT2D eigenvalue weighted by atomic mass is 35.5. The summed E-state index contributed by atoms with van der Waals surface area (Å²) in [5.74, 6) is -0.417. The molecule has 4 aliphatic rings. The van der Waals surface area contributed by atoms with E-state index in [1.54, 1.807) is 24.3 Å². The van der Waals surface area contributed by atoms with E-state index in [4.69, 9.17) is 31.5 Å². The Bertz CT molecular complexity index is 2510. The molecule has 3 heterocycles. The molecule has 4 aromatic rings. The number of amides is 6. The first kappa shape index (κ1) is 49.4. The van der Waals surface area contributed by atoms with Crippen molar-refractivity contribution < 1.29 is 42.6 Å². The van der Waals surface area contributed by atoms with Crippen LogP contribution in [0.25, 0.3) is 11.1 Å². The molecule has 14 nitrogen and oxygen atoms in total. The summed E-state index contributed by atoms with van der Waals surface area (Å²) < 4.78 is 32.4. The molecule has 4 fully saturated rings. The fourth-order valence-electron chi connectivity index (χ4n) is 10.7. The number of ether oxygens (including phenoxy) is 3. The molecule has 69 heavy (non-hydrogen) atoms. The van der Waals surface area contributed by atoms with E-state index < -0.39 is 17.8 Å². The highest BCUT2D eigenvalue weighted by Gasteiger charge is 2.36. The van der Waals surface area contributed by atoms with Gasteiger partial charge in [0.15, 0.2) is 11.6 Å². The lowest BCUT2D eigenvalue weighted by atomic mass is 9.78. The number of nitrogens with zero attached hydrogens (tertiary/aromatic N) is 3. The summed E-state index contributed by atoms with van der Waals surface area (Å²) in [4.78, 5) is 69.9. The Balaban J connectivity index is 0.830. The molecular formula is C53H62ClFN6O8. The number of benzene rings is 4. The standard InChI is InChI=1S/C53H62ClFN6O8/c1-67-28-29-69-46-17-14-40(50(56)63)48(49(46)55)41-30-37(10-15-43(41)54)42(35-6-4-3-5-7-35)32-57-39-12-8-36(9-13-39)51(64)59-23-18-33(19-24-59)34-20-25-60(26-21-34)52(65)38-11-16-45(68-2)44(31-38)61-27-22-47(62)58-53(61)66/h3-7,10-11,14-17,30-31,33-34,36,39,42,57H,8-9,12-13,18-29,32H2,1-2H3,(H2,56,63)(H,58,62,66). The fraction of sp³-hybridized carbons (Fsp3) is 0.453. The Morgan fingerprint density at radius 3 is 2.13 bits per heavy atom. The van der Waals surface area contributed by atoms with Gasteiger partial charge in [-0.3, -0.25) is 29.4 Å². The fourth-order valence-corrected chi connectivity index (χ4v) is 10.9. The van der Waals surface area contributed by atoms with Gasteiger partial charge in [-0.05, 0) is 117 Å². The second-order valence-corrected chi connectivity index (χ2v) is 19.0. The van der Waals surface area contributed by atoms with E-state index in [2.05, 4.69) is 27.7 Å². The average molecular weight is 966 g/mol. The molecule has 8 rings (SSSR count). The largest absolute Gasteiger partial charge is 0.495 e. The number of carbonyl (C=O) groups excluding carboxylic acids is 5. The Kier molecular flexibility index (Phi) is 16.2. The number of anilines is 1. The molecule has 366 valence electrons. The molecule has 3 saturated heterocycles. The van der Waals surface area contributed by atoms with Crippen LogP contribution in [0.3, 0.4) is 0 Å². The number of imide groups is 1. The van der Waals surface area contributed by atoms with Crippen LogP contribution in [0.1, 0.15) is 95.5 Å². The third kappa shape index (κ3) is 11.4. The molecule has 0 bridgehead atoms. The SMILES string of the molecule is COCCOc1ccc(C(N)=O)c(-c2cc(C(CNC3CCC(C(=O)N4CCC(C5CCN(C(=O)c6ccc(OC)c(N7CCC(=O)NC7=O)c6)CC5)CC4)CC3)c3ccccc3)ccc2Cl)c1F. The van der Waals surface area contributed by atoms with Gasteiger partial charge in [-0.1, -0.05) is 48.0 Å². The maximum Gasteiger partial charge on any atom is 0.328 e. The van der Waals surface area contributed by atoms with Gasteiger partial charge in [-0.2, -0.15) is 0 Å². The maximum absolute atomic E-state index is 16.2. The summed E-state index contributed by atoms with van der Waals surface area (Å²) in [5, 5.41) is 6.41. The van der Waals surface area contributed by atoms with Gasteiger partial charge in [-0.25, -0.2) is 9.18 Å². The molecule has 0 spiro atoms. The number of hydrogen-bond donors (Lipinski definition) is 3. The van der Waals surface area contributed by atoms with Crippen LogP contribution in [-0.2, 0) is 14.3 Å². The van der Waals surface area contributed by atoms with E-state index in [0.29, 0.717) is 54.0 Å². The number of piperidine rings is 2.